The zero-order valence-electron chi connectivity index (χ0n) is 11.0. The third-order valence-corrected chi connectivity index (χ3v) is 4.25. The van der Waals surface area contributed by atoms with Gasteiger partial charge in [0.25, 0.3) is 0 Å². The summed E-state index contributed by atoms with van der Waals surface area (Å²) in [5, 5.41) is 14.2. The van der Waals surface area contributed by atoms with Gasteiger partial charge in [-0.25, -0.2) is 0 Å². The van der Waals surface area contributed by atoms with E-state index in [1.165, 1.54) is 32.1 Å². The molecule has 0 unspecified atom stereocenters. The lowest BCUT2D eigenvalue weighted by atomic mass is 9.96. The zero-order valence-corrected chi connectivity index (χ0v) is 11.0. The van der Waals surface area contributed by atoms with Crippen LogP contribution in [-0.2, 0) is 6.54 Å². The van der Waals surface area contributed by atoms with Gasteiger partial charge in [0.15, 0.2) is 0 Å². The number of hydrogen-bond donors (Lipinski definition) is 1. The van der Waals surface area contributed by atoms with Gasteiger partial charge in [-0.1, -0.05) is 19.3 Å². The van der Waals surface area contributed by atoms with Gasteiger partial charge in [-0.2, -0.15) is 5.10 Å². The molecule has 1 atom stereocenters. The third kappa shape index (κ3) is 2.75. The van der Waals surface area contributed by atoms with E-state index < -0.39 is 0 Å². The Bertz CT molecular complexity index is 384. The van der Waals surface area contributed by atoms with E-state index in [0.717, 1.165) is 31.7 Å². The van der Waals surface area contributed by atoms with Crippen LogP contribution >= 0.6 is 0 Å². The van der Waals surface area contributed by atoms with Gasteiger partial charge < -0.3 is 5.11 Å². The van der Waals surface area contributed by atoms with Gasteiger partial charge in [-0.3, -0.25) is 9.58 Å². The predicted octanol–water partition coefficient (Wildman–Crippen LogP) is 1.95. The molecule has 3 rings (SSSR count). The number of hydrogen-bond acceptors (Lipinski definition) is 3. The first kappa shape index (κ1) is 12.2. The number of likely N-dealkylation sites (tertiary alicyclic amines) is 1. The van der Waals surface area contributed by atoms with Crippen molar-refractivity contribution in [1.29, 1.82) is 0 Å². The molecule has 1 aliphatic carbocycles. The SMILES string of the molecule is O[C@H]1CCN(Cc2ccn(C3CCCCC3)n2)C1. The standard InChI is InChI=1S/C14H23N3O/c18-14-7-8-16(11-14)10-12-6-9-17(15-12)13-4-2-1-3-5-13/h6,9,13-14,18H,1-5,7-8,10-11H2/t14-/m0/s1. The van der Waals surface area contributed by atoms with E-state index >= 15 is 0 Å². The van der Waals surface area contributed by atoms with Crippen molar-refractivity contribution in [2.75, 3.05) is 13.1 Å². The van der Waals surface area contributed by atoms with Gasteiger partial charge in [-0.15, -0.1) is 0 Å². The van der Waals surface area contributed by atoms with Crippen LogP contribution in [0.25, 0.3) is 0 Å². The molecule has 18 heavy (non-hydrogen) atoms. The summed E-state index contributed by atoms with van der Waals surface area (Å²) in [7, 11) is 0. The summed E-state index contributed by atoms with van der Waals surface area (Å²) < 4.78 is 2.17. The summed E-state index contributed by atoms with van der Waals surface area (Å²) in [6.07, 6.45) is 9.55. The van der Waals surface area contributed by atoms with Gasteiger partial charge in [-0.05, 0) is 25.3 Å². The van der Waals surface area contributed by atoms with Crippen LogP contribution in [0, 0.1) is 0 Å². The Morgan fingerprint density at radius 2 is 2.06 bits per heavy atom. The van der Waals surface area contributed by atoms with Crippen LogP contribution in [0.1, 0.15) is 50.3 Å². The lowest BCUT2D eigenvalue weighted by Crippen LogP contribution is -2.22. The molecule has 0 bridgehead atoms. The molecular formula is C14H23N3O. The highest BCUT2D eigenvalue weighted by atomic mass is 16.3. The first-order valence-electron chi connectivity index (χ1n) is 7.26. The van der Waals surface area contributed by atoms with E-state index in [1.807, 2.05) is 0 Å². The highest BCUT2D eigenvalue weighted by Crippen LogP contribution is 2.27. The molecule has 0 amide bonds. The number of rotatable bonds is 3. The Morgan fingerprint density at radius 3 is 2.78 bits per heavy atom. The van der Waals surface area contributed by atoms with Crippen molar-refractivity contribution < 1.29 is 5.11 Å². The second-order valence-corrected chi connectivity index (χ2v) is 5.76. The van der Waals surface area contributed by atoms with Crippen LogP contribution in [-0.4, -0.2) is 39.0 Å². The fourth-order valence-corrected chi connectivity index (χ4v) is 3.20. The molecule has 1 N–H and O–H groups in total. The molecule has 1 saturated carbocycles. The molecule has 2 fully saturated rings. The van der Waals surface area contributed by atoms with Crippen LogP contribution in [0.4, 0.5) is 0 Å². The third-order valence-electron chi connectivity index (χ3n) is 4.25. The molecule has 0 spiro atoms. The summed E-state index contributed by atoms with van der Waals surface area (Å²) in [6.45, 7) is 2.69. The second-order valence-electron chi connectivity index (χ2n) is 5.76. The van der Waals surface area contributed by atoms with E-state index in [-0.39, 0.29) is 6.10 Å². The van der Waals surface area contributed by atoms with Crippen LogP contribution < -0.4 is 0 Å². The van der Waals surface area contributed by atoms with E-state index in [9.17, 15) is 5.11 Å². The fourth-order valence-electron chi connectivity index (χ4n) is 3.20. The lowest BCUT2D eigenvalue weighted by Gasteiger charge is -2.22. The lowest BCUT2D eigenvalue weighted by molar-refractivity contribution is 0.174. The molecule has 2 aliphatic rings. The maximum atomic E-state index is 9.52. The largest absolute Gasteiger partial charge is 0.392 e. The predicted molar refractivity (Wildman–Crippen MR) is 70.2 cm³/mol. The van der Waals surface area contributed by atoms with E-state index in [0.29, 0.717) is 6.04 Å². The van der Waals surface area contributed by atoms with Gasteiger partial charge in [0.05, 0.1) is 17.8 Å². The quantitative estimate of drug-likeness (QED) is 0.890. The molecule has 1 aromatic rings. The summed E-state index contributed by atoms with van der Waals surface area (Å²) in [6, 6.07) is 2.76. The number of β-amino-alcohol motifs (C(OH)–C–C–N with tert-alkyl or cyclic N) is 1. The fraction of sp³-hybridized carbons (Fsp3) is 0.786. The van der Waals surface area contributed by atoms with E-state index in [2.05, 4.69) is 21.8 Å². The molecule has 4 nitrogen and oxygen atoms in total. The van der Waals surface area contributed by atoms with Crippen molar-refractivity contribution in [3.63, 3.8) is 0 Å². The molecule has 2 heterocycles. The highest BCUT2D eigenvalue weighted by molar-refractivity contribution is 5.00. The van der Waals surface area contributed by atoms with Gasteiger partial charge in [0.1, 0.15) is 0 Å². The van der Waals surface area contributed by atoms with Crippen molar-refractivity contribution in [2.45, 2.75) is 57.2 Å². The van der Waals surface area contributed by atoms with Crippen molar-refractivity contribution in [1.82, 2.24) is 14.7 Å². The first-order chi connectivity index (χ1) is 8.81. The summed E-state index contributed by atoms with van der Waals surface area (Å²) in [5.74, 6) is 0. The van der Waals surface area contributed by atoms with Gasteiger partial charge in [0.2, 0.25) is 0 Å². The molecular weight excluding hydrogens is 226 g/mol. The monoisotopic (exact) mass is 249 g/mol. The molecule has 1 aliphatic heterocycles. The minimum Gasteiger partial charge on any atom is -0.392 e. The Kier molecular flexibility index (Phi) is 3.66. The Hall–Kier alpha value is -0.870. The van der Waals surface area contributed by atoms with Crippen molar-refractivity contribution in [2.24, 2.45) is 0 Å². The van der Waals surface area contributed by atoms with Gasteiger partial charge >= 0.3 is 0 Å². The van der Waals surface area contributed by atoms with Crippen molar-refractivity contribution >= 4 is 0 Å². The van der Waals surface area contributed by atoms with Crippen LogP contribution in [0.2, 0.25) is 0 Å². The Morgan fingerprint density at radius 1 is 1.22 bits per heavy atom. The highest BCUT2D eigenvalue weighted by Gasteiger charge is 2.21. The summed E-state index contributed by atoms with van der Waals surface area (Å²) in [5.41, 5.74) is 1.15. The summed E-state index contributed by atoms with van der Waals surface area (Å²) in [4.78, 5) is 2.29. The van der Waals surface area contributed by atoms with Gasteiger partial charge in [0, 0.05) is 25.8 Å². The molecule has 0 aromatic carbocycles. The van der Waals surface area contributed by atoms with Crippen LogP contribution in [0.5, 0.6) is 0 Å². The summed E-state index contributed by atoms with van der Waals surface area (Å²) >= 11 is 0. The normalized spacial score (nSPS) is 26.8. The minimum absolute atomic E-state index is 0.134. The number of aliphatic hydroxyl groups excluding tert-OH is 1. The van der Waals surface area contributed by atoms with Crippen LogP contribution in [0.15, 0.2) is 12.3 Å². The first-order valence-corrected chi connectivity index (χ1v) is 7.26. The van der Waals surface area contributed by atoms with Crippen LogP contribution in [0.3, 0.4) is 0 Å². The molecule has 0 radical (unpaired) electrons. The second kappa shape index (κ2) is 5.41. The topological polar surface area (TPSA) is 41.3 Å². The molecule has 100 valence electrons. The van der Waals surface area contributed by atoms with E-state index in [4.69, 9.17) is 5.10 Å². The number of aliphatic hydroxyl groups is 1. The Balaban J connectivity index is 1.59. The maximum absolute atomic E-state index is 9.52. The van der Waals surface area contributed by atoms with Crippen molar-refractivity contribution in [3.8, 4) is 0 Å². The zero-order chi connectivity index (χ0) is 12.4. The minimum atomic E-state index is -0.134. The molecule has 1 aromatic heterocycles. The number of nitrogens with zero attached hydrogens (tertiary/aromatic N) is 3. The number of aromatic nitrogens is 2. The molecule has 4 heteroatoms. The Labute approximate surface area is 109 Å². The van der Waals surface area contributed by atoms with Crippen molar-refractivity contribution in [3.05, 3.63) is 18.0 Å². The molecule has 1 saturated heterocycles. The van der Waals surface area contributed by atoms with E-state index in [1.54, 1.807) is 0 Å². The smallest absolute Gasteiger partial charge is 0.0764 e. The average molecular weight is 249 g/mol. The maximum Gasteiger partial charge on any atom is 0.0764 e. The average Bonchev–Trinajstić information content (AvgIpc) is 3.01.